The van der Waals surface area contributed by atoms with Crippen LogP contribution in [-0.4, -0.2) is 27.4 Å². The zero-order chi connectivity index (χ0) is 14.5. The predicted octanol–water partition coefficient (Wildman–Crippen LogP) is 2.05. The summed E-state index contributed by atoms with van der Waals surface area (Å²) in [6.45, 7) is 0. The van der Waals surface area contributed by atoms with E-state index in [2.05, 4.69) is 34.3 Å². The van der Waals surface area contributed by atoms with Crippen molar-refractivity contribution in [2.75, 3.05) is 31.1 Å². The smallest absolute Gasteiger partial charge is 0.169 e. The molecule has 20 heavy (non-hydrogen) atoms. The second-order valence-electron chi connectivity index (χ2n) is 4.98. The van der Waals surface area contributed by atoms with Gasteiger partial charge in [-0.25, -0.2) is 4.57 Å². The second kappa shape index (κ2) is 6.19. The Kier molecular flexibility index (Phi) is 4.35. The maximum absolute atomic E-state index is 4.45. The topological polar surface area (TPSA) is 22.7 Å². The van der Waals surface area contributed by atoms with Gasteiger partial charge < -0.3 is 4.90 Å². The van der Waals surface area contributed by atoms with E-state index in [0.717, 1.165) is 11.3 Å². The van der Waals surface area contributed by atoms with E-state index in [9.17, 15) is 0 Å². The normalized spacial score (nSPS) is 10.8. The number of aromatic nitrogens is 1. The zero-order valence-corrected chi connectivity index (χ0v) is 12.5. The predicted molar refractivity (Wildman–Crippen MR) is 84.4 cm³/mol. The van der Waals surface area contributed by atoms with E-state index in [-0.39, 0.29) is 0 Å². The Balaban J connectivity index is 2.07. The van der Waals surface area contributed by atoms with Gasteiger partial charge in [0.2, 0.25) is 0 Å². The lowest BCUT2D eigenvalue weighted by molar-refractivity contribution is -0.671. The molecule has 0 amide bonds. The minimum absolute atomic E-state index is 1.06. The third-order valence-corrected chi connectivity index (χ3v) is 3.12. The van der Waals surface area contributed by atoms with Crippen LogP contribution in [0.5, 0.6) is 0 Å². The molecule has 4 nitrogen and oxygen atoms in total. The van der Waals surface area contributed by atoms with Gasteiger partial charge in [0.25, 0.3) is 0 Å². The largest absolute Gasteiger partial charge is 0.378 e. The van der Waals surface area contributed by atoms with Gasteiger partial charge >= 0.3 is 0 Å². The third kappa shape index (κ3) is 3.57. The minimum Gasteiger partial charge on any atom is -0.378 e. The van der Waals surface area contributed by atoms with Crippen LogP contribution in [-0.2, 0) is 7.05 Å². The van der Waals surface area contributed by atoms with Gasteiger partial charge in [0, 0.05) is 44.5 Å². The molecule has 0 aliphatic heterocycles. The maximum atomic E-state index is 4.45. The Bertz CT molecular complexity index is 570. The van der Waals surface area contributed by atoms with Crippen LogP contribution in [0.2, 0.25) is 0 Å². The first-order chi connectivity index (χ1) is 9.56. The van der Waals surface area contributed by atoms with Crippen molar-refractivity contribution in [3.8, 4) is 0 Å². The van der Waals surface area contributed by atoms with Crippen molar-refractivity contribution in [2.24, 2.45) is 12.1 Å². The molecule has 104 valence electrons. The fourth-order valence-electron chi connectivity index (χ4n) is 1.79. The van der Waals surface area contributed by atoms with Crippen molar-refractivity contribution in [3.05, 3.63) is 54.4 Å². The number of rotatable bonds is 4. The van der Waals surface area contributed by atoms with Crippen LogP contribution in [0.25, 0.3) is 0 Å². The number of aryl methyl sites for hydroxylation is 1. The molecule has 0 aliphatic rings. The average molecular weight is 269 g/mol. The van der Waals surface area contributed by atoms with E-state index >= 15 is 0 Å². The van der Waals surface area contributed by atoms with Crippen molar-refractivity contribution < 1.29 is 4.57 Å². The lowest BCUT2D eigenvalue weighted by atomic mass is 10.2. The van der Waals surface area contributed by atoms with Gasteiger partial charge in [-0.2, -0.15) is 5.10 Å². The number of hydrogen-bond donors (Lipinski definition) is 0. The molecule has 0 atom stereocenters. The van der Waals surface area contributed by atoms with Crippen LogP contribution in [0.4, 0.5) is 11.4 Å². The Morgan fingerprint density at radius 1 is 0.900 bits per heavy atom. The van der Waals surface area contributed by atoms with Crippen LogP contribution in [0, 0.1) is 0 Å². The van der Waals surface area contributed by atoms with Crippen molar-refractivity contribution in [2.45, 2.75) is 0 Å². The van der Waals surface area contributed by atoms with Gasteiger partial charge in [-0.15, -0.1) is 0 Å². The number of benzene rings is 1. The monoisotopic (exact) mass is 269 g/mol. The van der Waals surface area contributed by atoms with Crippen LogP contribution in [0.3, 0.4) is 0 Å². The minimum atomic E-state index is 1.06. The van der Waals surface area contributed by atoms with Gasteiger partial charge in [0.05, 0.1) is 11.9 Å². The molecule has 1 aromatic carbocycles. The summed E-state index contributed by atoms with van der Waals surface area (Å²) in [5.74, 6) is 0. The van der Waals surface area contributed by atoms with Crippen molar-refractivity contribution in [3.63, 3.8) is 0 Å². The molecule has 0 saturated carbocycles. The molecule has 1 aromatic heterocycles. The van der Waals surface area contributed by atoms with Crippen molar-refractivity contribution in [1.82, 2.24) is 0 Å². The summed E-state index contributed by atoms with van der Waals surface area (Å²) in [5.41, 5.74) is 3.33. The first-order valence-corrected chi connectivity index (χ1v) is 6.56. The highest BCUT2D eigenvalue weighted by atomic mass is 15.4. The SMILES string of the molecule is CN(C)c1ccc(N(C)N=Cc2cc[n+](C)cc2)cc1. The molecule has 0 aliphatic carbocycles. The molecule has 2 aromatic rings. The number of hydrazone groups is 1. The highest BCUT2D eigenvalue weighted by Crippen LogP contribution is 2.18. The van der Waals surface area contributed by atoms with E-state index in [1.165, 1.54) is 5.69 Å². The highest BCUT2D eigenvalue weighted by molar-refractivity contribution is 5.79. The Hall–Kier alpha value is -2.36. The lowest BCUT2D eigenvalue weighted by Gasteiger charge is -2.16. The fourth-order valence-corrected chi connectivity index (χ4v) is 1.79. The van der Waals surface area contributed by atoms with E-state index < -0.39 is 0 Å². The quantitative estimate of drug-likeness (QED) is 0.481. The first-order valence-electron chi connectivity index (χ1n) is 6.56. The average Bonchev–Trinajstić information content (AvgIpc) is 2.46. The van der Waals surface area contributed by atoms with Crippen molar-refractivity contribution >= 4 is 17.6 Å². The third-order valence-electron chi connectivity index (χ3n) is 3.12. The molecule has 0 saturated heterocycles. The summed E-state index contributed by atoms with van der Waals surface area (Å²) < 4.78 is 2.00. The lowest BCUT2D eigenvalue weighted by Crippen LogP contribution is -2.25. The van der Waals surface area contributed by atoms with Gasteiger partial charge in [0.1, 0.15) is 7.05 Å². The van der Waals surface area contributed by atoms with Crippen LogP contribution < -0.4 is 14.5 Å². The fraction of sp³-hybridized carbons (Fsp3) is 0.250. The zero-order valence-electron chi connectivity index (χ0n) is 12.5. The molecule has 4 heteroatoms. The van der Waals surface area contributed by atoms with Gasteiger partial charge in [0.15, 0.2) is 12.4 Å². The summed E-state index contributed by atoms with van der Waals surface area (Å²) in [6, 6.07) is 12.4. The number of nitrogens with zero attached hydrogens (tertiary/aromatic N) is 4. The maximum Gasteiger partial charge on any atom is 0.169 e. The molecule has 0 unspecified atom stereocenters. The second-order valence-corrected chi connectivity index (χ2v) is 4.98. The number of hydrogen-bond acceptors (Lipinski definition) is 3. The first kappa shape index (κ1) is 14.1. The standard InChI is InChI=1S/C16H21N4/c1-18(2)15-5-7-16(8-6-15)20(4)17-13-14-9-11-19(3)12-10-14/h5-13H,1-4H3/q+1. The molecule has 2 rings (SSSR count). The van der Waals surface area contributed by atoms with E-state index in [4.69, 9.17) is 0 Å². The van der Waals surface area contributed by atoms with Crippen LogP contribution >= 0.6 is 0 Å². The van der Waals surface area contributed by atoms with Crippen LogP contribution in [0.1, 0.15) is 5.56 Å². The molecule has 0 bridgehead atoms. The Morgan fingerprint density at radius 3 is 2.00 bits per heavy atom. The van der Waals surface area contributed by atoms with Crippen LogP contribution in [0.15, 0.2) is 53.9 Å². The summed E-state index contributed by atoms with van der Waals surface area (Å²) in [6.07, 6.45) is 5.88. The Morgan fingerprint density at radius 2 is 1.45 bits per heavy atom. The molecule has 0 N–H and O–H groups in total. The molecular formula is C16H21N4+. The molecule has 0 spiro atoms. The molecule has 0 fully saturated rings. The van der Waals surface area contributed by atoms with E-state index in [1.54, 1.807) is 0 Å². The highest BCUT2D eigenvalue weighted by Gasteiger charge is 2.00. The van der Waals surface area contributed by atoms with Gasteiger partial charge in [-0.1, -0.05) is 0 Å². The molecule has 0 radical (unpaired) electrons. The van der Waals surface area contributed by atoms with E-state index in [0.29, 0.717) is 0 Å². The summed E-state index contributed by atoms with van der Waals surface area (Å²) >= 11 is 0. The van der Waals surface area contributed by atoms with Crippen molar-refractivity contribution in [1.29, 1.82) is 0 Å². The summed E-state index contributed by atoms with van der Waals surface area (Å²) in [7, 11) is 8.02. The van der Waals surface area contributed by atoms with Gasteiger partial charge in [-0.3, -0.25) is 5.01 Å². The molecular weight excluding hydrogens is 248 g/mol. The number of pyridine rings is 1. The molecule has 1 heterocycles. The van der Waals surface area contributed by atoms with E-state index in [1.807, 2.05) is 68.5 Å². The summed E-state index contributed by atoms with van der Waals surface area (Å²) in [5, 5.41) is 6.32. The summed E-state index contributed by atoms with van der Waals surface area (Å²) in [4.78, 5) is 2.08. The Labute approximate surface area is 120 Å². The van der Waals surface area contributed by atoms with Gasteiger partial charge in [-0.05, 0) is 24.3 Å². The number of anilines is 2.